The summed E-state index contributed by atoms with van der Waals surface area (Å²) in [7, 11) is 0. The number of carbonyl (C=O) groups excluding carboxylic acids is 1. The van der Waals surface area contributed by atoms with Gasteiger partial charge in [-0.25, -0.2) is 4.98 Å². The van der Waals surface area contributed by atoms with Gasteiger partial charge in [0.2, 0.25) is 0 Å². The topological polar surface area (TPSA) is 136 Å². The summed E-state index contributed by atoms with van der Waals surface area (Å²) in [6.45, 7) is 6.01. The molecule has 0 unspecified atom stereocenters. The maximum Gasteiger partial charge on any atom is 0.285 e. The first-order valence-corrected chi connectivity index (χ1v) is 10.5. The molecule has 4 rings (SSSR count). The summed E-state index contributed by atoms with van der Waals surface area (Å²) in [5.41, 5.74) is 0.548. The number of aromatic nitrogens is 3. The van der Waals surface area contributed by atoms with Gasteiger partial charge in [0.05, 0.1) is 15.9 Å². The van der Waals surface area contributed by atoms with Crippen LogP contribution >= 0.6 is 0 Å². The van der Waals surface area contributed by atoms with E-state index in [1.807, 2.05) is 32.9 Å². The van der Waals surface area contributed by atoms with Crippen LogP contribution in [0.3, 0.4) is 0 Å². The molecule has 0 aliphatic carbocycles. The molecule has 34 heavy (non-hydrogen) atoms. The van der Waals surface area contributed by atoms with E-state index in [2.05, 4.69) is 9.98 Å². The first-order chi connectivity index (χ1) is 16.2. The fourth-order valence-corrected chi connectivity index (χ4v) is 3.80. The van der Waals surface area contributed by atoms with Crippen LogP contribution in [0, 0.1) is 34.3 Å². The van der Waals surface area contributed by atoms with Crippen molar-refractivity contribution in [1.82, 2.24) is 14.0 Å². The SMILES string of the molecule is Cc1cccn2c(=O)c3cc(C#N)c(=NC(=O)c4ccccc4[N+](=O)[O-])n(CC(C)C)c3nc12. The molecular weight excluding hydrogens is 436 g/mol. The van der Waals surface area contributed by atoms with Crippen LogP contribution in [-0.4, -0.2) is 24.8 Å². The highest BCUT2D eigenvalue weighted by molar-refractivity contribution is 5.98. The van der Waals surface area contributed by atoms with Gasteiger partial charge in [0.1, 0.15) is 22.9 Å². The standard InChI is InChI=1S/C24H20N6O4/c1-14(2)13-29-21(27-23(31)17-8-4-5-9-19(17)30(33)34)16(12-25)11-18-22(29)26-20-15(3)7-6-10-28(20)24(18)32/h4-11,14H,13H2,1-3H3. The normalized spacial score (nSPS) is 11.8. The number of nitriles is 1. The Balaban J connectivity index is 2.13. The summed E-state index contributed by atoms with van der Waals surface area (Å²) in [6, 6.07) is 12.4. The van der Waals surface area contributed by atoms with Gasteiger partial charge in [-0.3, -0.25) is 24.1 Å². The molecule has 10 heteroatoms. The van der Waals surface area contributed by atoms with Crippen molar-refractivity contribution >= 4 is 28.3 Å². The molecule has 3 aromatic heterocycles. The molecular formula is C24H20N6O4. The predicted octanol–water partition coefficient (Wildman–Crippen LogP) is 3.13. The minimum Gasteiger partial charge on any atom is -0.309 e. The maximum atomic E-state index is 13.2. The van der Waals surface area contributed by atoms with Crippen LogP contribution in [0.15, 0.2) is 58.4 Å². The zero-order chi connectivity index (χ0) is 24.6. The summed E-state index contributed by atoms with van der Waals surface area (Å²) >= 11 is 0. The summed E-state index contributed by atoms with van der Waals surface area (Å²) < 4.78 is 2.98. The Morgan fingerprint density at radius 1 is 1.24 bits per heavy atom. The molecule has 0 aliphatic heterocycles. The van der Waals surface area contributed by atoms with Gasteiger partial charge in [0.15, 0.2) is 5.49 Å². The predicted molar refractivity (Wildman–Crippen MR) is 124 cm³/mol. The lowest BCUT2D eigenvalue weighted by atomic mass is 10.1. The summed E-state index contributed by atoms with van der Waals surface area (Å²) in [6.07, 6.45) is 1.60. The minimum absolute atomic E-state index is 0.00307. The number of hydrogen-bond acceptors (Lipinski definition) is 6. The molecule has 1 amide bonds. The van der Waals surface area contributed by atoms with Crippen molar-refractivity contribution in [2.24, 2.45) is 10.9 Å². The number of fused-ring (bicyclic) bond motifs is 2. The average molecular weight is 456 g/mol. The number of carbonyl (C=O) groups is 1. The van der Waals surface area contributed by atoms with Crippen LogP contribution < -0.4 is 11.0 Å². The van der Waals surface area contributed by atoms with Crippen LogP contribution in [0.2, 0.25) is 0 Å². The van der Waals surface area contributed by atoms with E-state index in [-0.39, 0.29) is 44.8 Å². The summed E-state index contributed by atoms with van der Waals surface area (Å²) in [4.78, 5) is 45.8. The first-order valence-electron chi connectivity index (χ1n) is 10.5. The monoisotopic (exact) mass is 456 g/mol. The molecule has 4 aromatic rings. The number of hydrogen-bond donors (Lipinski definition) is 0. The van der Waals surface area contributed by atoms with Gasteiger partial charge >= 0.3 is 0 Å². The van der Waals surface area contributed by atoms with E-state index in [1.165, 1.54) is 34.7 Å². The zero-order valence-corrected chi connectivity index (χ0v) is 18.7. The van der Waals surface area contributed by atoms with Crippen molar-refractivity contribution in [2.75, 3.05) is 0 Å². The largest absolute Gasteiger partial charge is 0.309 e. The fraction of sp³-hybridized carbons (Fsp3) is 0.208. The third-order valence-corrected chi connectivity index (χ3v) is 5.31. The van der Waals surface area contributed by atoms with Gasteiger partial charge in [-0.1, -0.05) is 32.0 Å². The van der Waals surface area contributed by atoms with E-state index in [9.17, 15) is 25.0 Å². The van der Waals surface area contributed by atoms with Crippen molar-refractivity contribution in [2.45, 2.75) is 27.3 Å². The first kappa shape index (κ1) is 22.5. The molecule has 0 saturated heterocycles. The number of nitro benzene ring substituents is 1. The molecule has 0 fully saturated rings. The van der Waals surface area contributed by atoms with Crippen molar-refractivity contribution in [3.8, 4) is 6.07 Å². The van der Waals surface area contributed by atoms with Crippen LogP contribution in [-0.2, 0) is 6.54 Å². The van der Waals surface area contributed by atoms with E-state index in [0.29, 0.717) is 12.2 Å². The summed E-state index contributed by atoms with van der Waals surface area (Å²) in [5, 5.41) is 21.4. The van der Waals surface area contributed by atoms with E-state index < -0.39 is 10.8 Å². The number of amides is 1. The Morgan fingerprint density at radius 2 is 1.97 bits per heavy atom. The fourth-order valence-electron chi connectivity index (χ4n) is 3.80. The van der Waals surface area contributed by atoms with E-state index in [1.54, 1.807) is 16.8 Å². The lowest BCUT2D eigenvalue weighted by Crippen LogP contribution is -2.31. The smallest absolute Gasteiger partial charge is 0.285 e. The Labute approximate surface area is 193 Å². The molecule has 170 valence electrons. The van der Waals surface area contributed by atoms with E-state index >= 15 is 0 Å². The van der Waals surface area contributed by atoms with Gasteiger partial charge < -0.3 is 4.57 Å². The molecule has 0 saturated carbocycles. The third-order valence-electron chi connectivity index (χ3n) is 5.31. The number of para-hydroxylation sites is 1. The number of nitrogens with zero attached hydrogens (tertiary/aromatic N) is 6. The van der Waals surface area contributed by atoms with Crippen LogP contribution in [0.1, 0.15) is 35.3 Å². The Bertz CT molecular complexity index is 1660. The van der Waals surface area contributed by atoms with Crippen LogP contribution in [0.25, 0.3) is 16.7 Å². The van der Waals surface area contributed by atoms with E-state index in [4.69, 9.17) is 0 Å². The van der Waals surface area contributed by atoms with E-state index in [0.717, 1.165) is 5.56 Å². The van der Waals surface area contributed by atoms with Gasteiger partial charge in [-0.2, -0.15) is 10.3 Å². The highest BCUT2D eigenvalue weighted by Gasteiger charge is 2.21. The number of aryl methyl sites for hydroxylation is 1. The van der Waals surface area contributed by atoms with Gasteiger partial charge in [0.25, 0.3) is 17.2 Å². The molecule has 0 radical (unpaired) electrons. The van der Waals surface area contributed by atoms with Crippen molar-refractivity contribution in [3.05, 3.63) is 91.3 Å². The Kier molecular flexibility index (Phi) is 5.77. The molecule has 0 spiro atoms. The highest BCUT2D eigenvalue weighted by atomic mass is 16.6. The molecule has 0 bridgehead atoms. The van der Waals surface area contributed by atoms with Crippen molar-refractivity contribution in [3.63, 3.8) is 0 Å². The Morgan fingerprint density at radius 3 is 2.65 bits per heavy atom. The highest BCUT2D eigenvalue weighted by Crippen LogP contribution is 2.19. The number of pyridine rings is 2. The molecule has 0 atom stereocenters. The van der Waals surface area contributed by atoms with Crippen molar-refractivity contribution < 1.29 is 9.72 Å². The second-order valence-electron chi connectivity index (χ2n) is 8.23. The van der Waals surface area contributed by atoms with Crippen LogP contribution in [0.4, 0.5) is 5.69 Å². The van der Waals surface area contributed by atoms with Crippen molar-refractivity contribution in [1.29, 1.82) is 5.26 Å². The molecule has 3 heterocycles. The number of nitro groups is 1. The lowest BCUT2D eigenvalue weighted by Gasteiger charge is -2.15. The summed E-state index contributed by atoms with van der Waals surface area (Å²) in [5.74, 6) is -0.816. The minimum atomic E-state index is -0.866. The quantitative estimate of drug-likeness (QED) is 0.263. The molecule has 10 nitrogen and oxygen atoms in total. The number of benzene rings is 1. The molecule has 0 aliphatic rings. The average Bonchev–Trinajstić information content (AvgIpc) is 2.81. The second kappa shape index (κ2) is 8.71. The molecule has 1 aromatic carbocycles. The second-order valence-corrected chi connectivity index (χ2v) is 8.23. The van der Waals surface area contributed by atoms with Gasteiger partial charge in [-0.15, -0.1) is 0 Å². The van der Waals surface area contributed by atoms with Crippen LogP contribution in [0.5, 0.6) is 0 Å². The lowest BCUT2D eigenvalue weighted by molar-refractivity contribution is -0.385. The number of rotatable bonds is 4. The molecule has 0 N–H and O–H groups in total. The third kappa shape index (κ3) is 3.84. The zero-order valence-electron chi connectivity index (χ0n) is 18.7. The van der Waals surface area contributed by atoms with Gasteiger partial charge in [0, 0.05) is 18.8 Å². The maximum absolute atomic E-state index is 13.2. The van der Waals surface area contributed by atoms with Gasteiger partial charge in [-0.05, 0) is 36.6 Å². The Hall–Kier alpha value is -4.65.